The van der Waals surface area contributed by atoms with Crippen LogP contribution in [0, 0.1) is 19.9 Å². The molecule has 74 valence electrons. The molecule has 1 heteroatoms. The van der Waals surface area contributed by atoms with Crippen LogP contribution in [0.5, 0.6) is 0 Å². The van der Waals surface area contributed by atoms with Gasteiger partial charge >= 0.3 is 0 Å². The van der Waals surface area contributed by atoms with Crippen molar-refractivity contribution < 1.29 is 25.8 Å². The van der Waals surface area contributed by atoms with E-state index in [1.807, 2.05) is 0 Å². The molecule has 0 bridgehead atoms. The molecule has 0 nitrogen and oxygen atoms in total. The van der Waals surface area contributed by atoms with Gasteiger partial charge in [-0.15, -0.1) is 6.42 Å². The Morgan fingerprint density at radius 3 is 2.21 bits per heavy atom. The number of rotatable bonds is 0. The van der Waals surface area contributed by atoms with Gasteiger partial charge in [-0.25, -0.2) is 23.8 Å². The molecule has 0 saturated carbocycles. The van der Waals surface area contributed by atoms with E-state index < -0.39 is 0 Å². The van der Waals surface area contributed by atoms with E-state index in [0.29, 0.717) is 0 Å². The predicted octanol–water partition coefficient (Wildman–Crippen LogP) is 3.72. The van der Waals surface area contributed by atoms with E-state index in [9.17, 15) is 0 Å². The van der Waals surface area contributed by atoms with Gasteiger partial charge in [0.2, 0.25) is 0 Å². The molecular formula is C13H16Hf-2. The normalized spacial score (nSPS) is 12.6. The fourth-order valence-electron chi connectivity index (χ4n) is 1.11. The summed E-state index contributed by atoms with van der Waals surface area (Å²) in [6, 6.07) is 6.31. The van der Waals surface area contributed by atoms with E-state index in [-0.39, 0.29) is 25.8 Å². The first-order valence-electron chi connectivity index (χ1n) is 4.63. The topological polar surface area (TPSA) is 0 Å². The molecule has 0 heterocycles. The smallest absolute Gasteiger partial charge is 0 e. The monoisotopic (exact) mass is 352 g/mol. The Bertz CT molecular complexity index is 296. The molecule has 0 aromatic heterocycles. The molecule has 0 saturated heterocycles. The van der Waals surface area contributed by atoms with Crippen LogP contribution in [-0.2, 0) is 25.8 Å². The maximum Gasteiger partial charge on any atom is 0 e. The van der Waals surface area contributed by atoms with Crippen LogP contribution in [0.4, 0.5) is 0 Å². The maximum absolute atomic E-state index is 3.12. The summed E-state index contributed by atoms with van der Waals surface area (Å²) in [6.07, 6.45) is 8.33. The molecule has 1 aromatic carbocycles. The molecule has 0 radical (unpaired) electrons. The van der Waals surface area contributed by atoms with E-state index in [1.165, 1.54) is 16.7 Å². The largest absolute Gasteiger partial charge is 0.270 e. The third kappa shape index (κ3) is 4.80. The standard InChI is InChI=1S/C7H9.C6H7.Hf/c1-6-4-3-5-7(6)2;1-6-4-2-3-5-6;/h3-5H,1-2H3;2,4H,3H2,1H3;/q2*-1;. The molecule has 0 fully saturated rings. The second kappa shape index (κ2) is 7.05. The minimum atomic E-state index is 0. The fourth-order valence-corrected chi connectivity index (χ4v) is 1.11. The van der Waals surface area contributed by atoms with Crippen molar-refractivity contribution in [3.8, 4) is 0 Å². The van der Waals surface area contributed by atoms with Crippen molar-refractivity contribution in [3.05, 3.63) is 53.1 Å². The third-order valence-corrected chi connectivity index (χ3v) is 2.18. The Morgan fingerprint density at radius 2 is 2.07 bits per heavy atom. The molecule has 0 aliphatic heterocycles. The zero-order valence-corrected chi connectivity index (χ0v) is 12.7. The molecule has 0 atom stereocenters. The van der Waals surface area contributed by atoms with E-state index in [0.717, 1.165) is 6.42 Å². The van der Waals surface area contributed by atoms with Gasteiger partial charge in [-0.3, -0.25) is 6.08 Å². The van der Waals surface area contributed by atoms with Gasteiger partial charge in [0.05, 0.1) is 0 Å². The van der Waals surface area contributed by atoms with Gasteiger partial charge in [0, 0.05) is 25.8 Å². The first-order chi connectivity index (χ1) is 6.20. The Balaban J connectivity index is 0.000000227. The quantitative estimate of drug-likeness (QED) is 0.494. The van der Waals surface area contributed by atoms with Crippen LogP contribution in [0.25, 0.3) is 0 Å². The average Bonchev–Trinajstić information content (AvgIpc) is 2.67. The van der Waals surface area contributed by atoms with Crippen molar-refractivity contribution in [2.75, 3.05) is 0 Å². The summed E-state index contributed by atoms with van der Waals surface area (Å²) in [6.45, 7) is 6.30. The zero-order chi connectivity index (χ0) is 9.68. The van der Waals surface area contributed by atoms with Crippen molar-refractivity contribution in [3.63, 3.8) is 0 Å². The minimum Gasteiger partial charge on any atom is -0.270 e. The molecule has 2 rings (SSSR count). The Labute approximate surface area is 106 Å². The van der Waals surface area contributed by atoms with Crippen molar-refractivity contribution in [1.82, 2.24) is 0 Å². The van der Waals surface area contributed by atoms with E-state index in [4.69, 9.17) is 0 Å². The van der Waals surface area contributed by atoms with Crippen LogP contribution in [-0.4, -0.2) is 0 Å². The molecule has 0 amide bonds. The molecule has 0 spiro atoms. The summed E-state index contributed by atoms with van der Waals surface area (Å²) >= 11 is 0. The van der Waals surface area contributed by atoms with Gasteiger partial charge in [0.1, 0.15) is 0 Å². The van der Waals surface area contributed by atoms with Crippen LogP contribution in [0.2, 0.25) is 0 Å². The number of hydrogen-bond acceptors (Lipinski definition) is 0. The maximum atomic E-state index is 3.12. The molecule has 0 unspecified atom stereocenters. The summed E-state index contributed by atoms with van der Waals surface area (Å²) < 4.78 is 0. The molecule has 0 N–H and O–H groups in total. The van der Waals surface area contributed by atoms with Crippen molar-refractivity contribution in [2.24, 2.45) is 0 Å². The minimum absolute atomic E-state index is 0. The molecular weight excluding hydrogens is 335 g/mol. The Kier molecular flexibility index (Phi) is 6.90. The van der Waals surface area contributed by atoms with Crippen LogP contribution in [0.3, 0.4) is 0 Å². The summed E-state index contributed by atoms with van der Waals surface area (Å²) in [5.74, 6) is 0. The SMILES string of the molecule is CC1=[C-]CC=C1.Cc1ccc[c-]1C.[Hf]. The summed E-state index contributed by atoms with van der Waals surface area (Å²) in [7, 11) is 0. The van der Waals surface area contributed by atoms with E-state index >= 15 is 0 Å². The Morgan fingerprint density at radius 1 is 1.36 bits per heavy atom. The number of aryl methyl sites for hydroxylation is 2. The van der Waals surface area contributed by atoms with Crippen LogP contribution in [0.1, 0.15) is 24.5 Å². The van der Waals surface area contributed by atoms with Gasteiger partial charge in [0.15, 0.2) is 0 Å². The van der Waals surface area contributed by atoms with Gasteiger partial charge in [-0.05, 0) is 0 Å². The Hall–Kier alpha value is -0.300. The molecule has 1 aliphatic rings. The van der Waals surface area contributed by atoms with Gasteiger partial charge in [-0.2, -0.15) is 23.3 Å². The first-order valence-corrected chi connectivity index (χ1v) is 4.63. The molecule has 1 aromatic rings. The summed E-state index contributed by atoms with van der Waals surface area (Å²) in [4.78, 5) is 0. The first kappa shape index (κ1) is 13.7. The second-order valence-electron chi connectivity index (χ2n) is 3.36. The van der Waals surface area contributed by atoms with Crippen molar-refractivity contribution in [2.45, 2.75) is 27.2 Å². The number of allylic oxidation sites excluding steroid dienone is 4. The van der Waals surface area contributed by atoms with Crippen molar-refractivity contribution in [1.29, 1.82) is 0 Å². The number of hydrogen-bond donors (Lipinski definition) is 0. The van der Waals surface area contributed by atoms with Gasteiger partial charge in [0.25, 0.3) is 0 Å². The average molecular weight is 351 g/mol. The fraction of sp³-hybridized carbons (Fsp3) is 0.308. The summed E-state index contributed by atoms with van der Waals surface area (Å²) in [5.41, 5.74) is 4.05. The van der Waals surface area contributed by atoms with Crippen LogP contribution < -0.4 is 0 Å². The van der Waals surface area contributed by atoms with Crippen molar-refractivity contribution >= 4 is 0 Å². The summed E-state index contributed by atoms with van der Waals surface area (Å²) in [5, 5.41) is 0. The van der Waals surface area contributed by atoms with E-state index in [1.54, 1.807) is 0 Å². The van der Waals surface area contributed by atoms with Crippen LogP contribution >= 0.6 is 0 Å². The molecule has 14 heavy (non-hydrogen) atoms. The second-order valence-corrected chi connectivity index (χ2v) is 3.36. The molecule has 1 aliphatic carbocycles. The van der Waals surface area contributed by atoms with Gasteiger partial charge in [-0.1, -0.05) is 20.8 Å². The van der Waals surface area contributed by atoms with Gasteiger partial charge < -0.3 is 0 Å². The van der Waals surface area contributed by atoms with E-state index in [2.05, 4.69) is 57.2 Å². The van der Waals surface area contributed by atoms with Crippen LogP contribution in [0.15, 0.2) is 35.9 Å². The third-order valence-electron chi connectivity index (χ3n) is 2.18. The zero-order valence-electron chi connectivity index (χ0n) is 9.09. The predicted molar refractivity (Wildman–Crippen MR) is 57.7 cm³/mol.